The van der Waals surface area contributed by atoms with Crippen LogP contribution in [0.15, 0.2) is 34.8 Å². The van der Waals surface area contributed by atoms with Crippen LogP contribution in [0, 0.1) is 0 Å². The molecule has 0 saturated heterocycles. The van der Waals surface area contributed by atoms with Crippen molar-refractivity contribution in [2.75, 3.05) is 6.61 Å². The van der Waals surface area contributed by atoms with E-state index in [4.69, 9.17) is 14.6 Å². The minimum atomic E-state index is -1.32. The molecule has 0 spiro atoms. The van der Waals surface area contributed by atoms with Gasteiger partial charge in [0.1, 0.15) is 5.78 Å². The Hall–Kier alpha value is -2.50. The van der Waals surface area contributed by atoms with E-state index in [0.29, 0.717) is 4.88 Å². The van der Waals surface area contributed by atoms with Gasteiger partial charge in [-0.1, -0.05) is 23.4 Å². The summed E-state index contributed by atoms with van der Waals surface area (Å²) in [6.45, 7) is 0.738. The molecule has 9 nitrogen and oxygen atoms in total. The normalized spacial score (nSPS) is 20.1. The van der Waals surface area contributed by atoms with E-state index in [1.807, 2.05) is 0 Å². The van der Waals surface area contributed by atoms with Crippen molar-refractivity contribution in [3.8, 4) is 0 Å². The van der Waals surface area contributed by atoms with Crippen LogP contribution >= 0.6 is 11.3 Å². The lowest BCUT2D eigenvalue weighted by Crippen LogP contribution is -2.50. The van der Waals surface area contributed by atoms with E-state index in [2.05, 4.69) is 10.5 Å². The lowest BCUT2D eigenvalue weighted by Gasteiger charge is -2.20. The van der Waals surface area contributed by atoms with E-state index in [1.54, 1.807) is 29.7 Å². The first-order valence-electron chi connectivity index (χ1n) is 8.13. The Labute approximate surface area is 159 Å². The summed E-state index contributed by atoms with van der Waals surface area (Å²) in [5, 5.41) is 26.8. The summed E-state index contributed by atoms with van der Waals surface area (Å²) < 4.78 is 5.41. The fourth-order valence-corrected chi connectivity index (χ4v) is 3.05. The number of ketones is 1. The lowest BCUT2D eigenvalue weighted by atomic mass is 9.77. The zero-order valence-corrected chi connectivity index (χ0v) is 15.3. The summed E-state index contributed by atoms with van der Waals surface area (Å²) in [6, 6.07) is 3.34. The van der Waals surface area contributed by atoms with Crippen LogP contribution in [-0.4, -0.2) is 59.3 Å². The second kappa shape index (κ2) is 10.00. The number of oxime groups is 1. The molecule has 1 amide bonds. The predicted octanol–water partition coefficient (Wildman–Crippen LogP) is 0.382. The van der Waals surface area contributed by atoms with Gasteiger partial charge in [0.2, 0.25) is 6.61 Å². The van der Waals surface area contributed by atoms with Crippen LogP contribution in [0.25, 0.3) is 0 Å². The number of nitrogens with zero attached hydrogens (tertiary/aromatic N) is 1. The van der Waals surface area contributed by atoms with Gasteiger partial charge in [-0.25, -0.2) is 4.79 Å². The van der Waals surface area contributed by atoms with Crippen molar-refractivity contribution in [1.29, 1.82) is 0 Å². The maximum absolute atomic E-state index is 12.6. The molecular weight excluding hydrogens is 375 g/mol. The number of hydrogen-bond acceptors (Lipinski definition) is 8. The van der Waals surface area contributed by atoms with Gasteiger partial charge in [-0.2, -0.15) is 0 Å². The van der Waals surface area contributed by atoms with Gasteiger partial charge in [-0.15, -0.1) is 11.3 Å². The molecule has 1 aliphatic heterocycles. The number of carbonyl (C=O) groups excluding carboxylic acids is 2. The van der Waals surface area contributed by atoms with Crippen molar-refractivity contribution in [3.05, 3.63) is 34.5 Å². The molecule has 1 aromatic heterocycles. The molecule has 0 fully saturated rings. The van der Waals surface area contributed by atoms with E-state index < -0.39 is 37.6 Å². The first-order chi connectivity index (χ1) is 12.9. The number of thiophene rings is 1. The lowest BCUT2D eigenvalue weighted by molar-refractivity contribution is -0.142. The summed E-state index contributed by atoms with van der Waals surface area (Å²) in [5.41, 5.74) is -0.105. The highest BCUT2D eigenvalue weighted by molar-refractivity contribution is 7.13. The summed E-state index contributed by atoms with van der Waals surface area (Å²) in [7, 11) is -1.32. The molecular formula is C16H19BN2O7S. The Morgan fingerprint density at radius 2 is 2.26 bits per heavy atom. The minimum Gasteiger partial charge on any atom is -0.479 e. The smallest absolute Gasteiger partial charge is 0.478 e. The second-order valence-electron chi connectivity index (χ2n) is 5.80. The Bertz CT molecular complexity index is 735. The van der Waals surface area contributed by atoms with E-state index in [1.165, 1.54) is 18.3 Å². The number of hydrogen-bond donors (Lipinski definition) is 3. The van der Waals surface area contributed by atoms with Crippen LogP contribution in [0.4, 0.5) is 0 Å². The van der Waals surface area contributed by atoms with Gasteiger partial charge in [0, 0.05) is 6.42 Å². The van der Waals surface area contributed by atoms with Crippen molar-refractivity contribution in [2.24, 2.45) is 5.16 Å². The summed E-state index contributed by atoms with van der Waals surface area (Å²) in [4.78, 5) is 39.6. The maximum atomic E-state index is 12.6. The summed E-state index contributed by atoms with van der Waals surface area (Å²) >= 11 is 1.23. The van der Waals surface area contributed by atoms with Gasteiger partial charge in [-0.3, -0.25) is 9.59 Å². The number of rotatable bonds is 8. The number of nitrogens with one attached hydrogen (secondary N) is 1. The first-order valence-corrected chi connectivity index (χ1v) is 9.01. The van der Waals surface area contributed by atoms with Crippen molar-refractivity contribution < 1.29 is 34.0 Å². The maximum Gasteiger partial charge on any atom is 0.478 e. The molecule has 2 rings (SSSR count). The molecule has 0 saturated carbocycles. The topological polar surface area (TPSA) is 135 Å². The van der Waals surface area contributed by atoms with E-state index in [0.717, 1.165) is 0 Å². The van der Waals surface area contributed by atoms with Crippen LogP contribution in [0.5, 0.6) is 0 Å². The van der Waals surface area contributed by atoms with Crippen LogP contribution in [0.1, 0.15) is 24.6 Å². The van der Waals surface area contributed by atoms with Crippen molar-refractivity contribution in [2.45, 2.75) is 31.8 Å². The average Bonchev–Trinajstić information content (AvgIpc) is 3.05. The molecule has 0 aliphatic carbocycles. The SMILES string of the molecule is CC(=O)C[C@H]1C=CC[C@H](NC(=O)/C(=N/OCC(=O)O)c2cccs2)B(O)O1. The number of Topliss-reactive ketones (excluding diaryl/α,β-unsaturated/α-hetero) is 1. The molecule has 144 valence electrons. The Kier molecular flexibility index (Phi) is 7.71. The zero-order valence-electron chi connectivity index (χ0n) is 14.5. The van der Waals surface area contributed by atoms with Crippen LogP contribution < -0.4 is 5.32 Å². The van der Waals surface area contributed by atoms with Crippen molar-refractivity contribution in [3.63, 3.8) is 0 Å². The molecule has 2 heterocycles. The highest BCUT2D eigenvalue weighted by atomic mass is 32.1. The van der Waals surface area contributed by atoms with Gasteiger partial charge < -0.3 is 24.9 Å². The second-order valence-corrected chi connectivity index (χ2v) is 6.75. The highest BCUT2D eigenvalue weighted by Crippen LogP contribution is 2.14. The molecule has 0 bridgehead atoms. The molecule has 3 N–H and O–H groups in total. The number of carboxylic acids is 1. The molecule has 0 radical (unpaired) electrons. The van der Waals surface area contributed by atoms with Crippen LogP contribution in [-0.2, 0) is 23.9 Å². The zero-order chi connectivity index (χ0) is 19.8. The highest BCUT2D eigenvalue weighted by Gasteiger charge is 2.33. The monoisotopic (exact) mass is 394 g/mol. The fraction of sp³-hybridized carbons (Fsp3) is 0.375. The number of amides is 1. The molecule has 0 unspecified atom stereocenters. The van der Waals surface area contributed by atoms with E-state index in [-0.39, 0.29) is 24.3 Å². The number of aliphatic carboxylic acids is 1. The van der Waals surface area contributed by atoms with Gasteiger partial charge in [0.25, 0.3) is 5.91 Å². The number of carboxylic acid groups (broad SMARTS) is 1. The number of carbonyl (C=O) groups is 3. The minimum absolute atomic E-state index is 0.0815. The summed E-state index contributed by atoms with van der Waals surface area (Å²) in [6.07, 6.45) is 3.23. The Morgan fingerprint density at radius 1 is 1.48 bits per heavy atom. The molecule has 11 heteroatoms. The fourth-order valence-electron chi connectivity index (χ4n) is 2.34. The van der Waals surface area contributed by atoms with E-state index in [9.17, 15) is 19.4 Å². The standard InChI is InChI=1S/C16H19BN2O7S/c1-10(20)8-11-4-2-6-13(17(24)26-11)18-16(23)15(12-5-3-7-27-12)19-25-9-14(21)22/h2-5,7,11,13,24H,6,8-9H2,1H3,(H,18,23)(H,21,22)/b19-15+/t11-,13+/m1/s1. The third-order valence-corrected chi connectivity index (χ3v) is 4.39. The molecule has 2 atom stereocenters. The third kappa shape index (κ3) is 6.63. The van der Waals surface area contributed by atoms with Crippen LogP contribution in [0.2, 0.25) is 0 Å². The molecule has 1 aromatic rings. The molecule has 27 heavy (non-hydrogen) atoms. The largest absolute Gasteiger partial charge is 0.479 e. The quantitative estimate of drug-likeness (QED) is 0.251. The first kappa shape index (κ1) is 20.8. The third-order valence-electron chi connectivity index (χ3n) is 3.52. The summed E-state index contributed by atoms with van der Waals surface area (Å²) in [5.74, 6) is -2.72. The van der Waals surface area contributed by atoms with Crippen LogP contribution in [0.3, 0.4) is 0 Å². The Morgan fingerprint density at radius 3 is 2.89 bits per heavy atom. The van der Waals surface area contributed by atoms with Gasteiger partial charge >= 0.3 is 13.1 Å². The molecule has 1 aliphatic rings. The van der Waals surface area contributed by atoms with Gasteiger partial charge in [0.15, 0.2) is 5.71 Å². The van der Waals surface area contributed by atoms with Crippen molar-refractivity contribution in [1.82, 2.24) is 5.32 Å². The molecule has 0 aromatic carbocycles. The van der Waals surface area contributed by atoms with Gasteiger partial charge in [0.05, 0.1) is 16.9 Å². The predicted molar refractivity (Wildman–Crippen MR) is 98.3 cm³/mol. The average molecular weight is 394 g/mol. The van der Waals surface area contributed by atoms with Gasteiger partial charge in [-0.05, 0) is 24.8 Å². The van der Waals surface area contributed by atoms with E-state index >= 15 is 0 Å². The Balaban J connectivity index is 2.07. The van der Waals surface area contributed by atoms with Crippen molar-refractivity contribution >= 4 is 41.8 Å².